The Morgan fingerprint density at radius 2 is 2.00 bits per heavy atom. The molecule has 2 rings (SSSR count). The van der Waals surface area contributed by atoms with Crippen LogP contribution < -0.4 is 11.1 Å². The molecule has 0 radical (unpaired) electrons. The van der Waals surface area contributed by atoms with Crippen molar-refractivity contribution in [1.29, 1.82) is 0 Å². The Morgan fingerprint density at radius 1 is 1.35 bits per heavy atom. The molecule has 1 amide bonds. The molecule has 2 aliphatic rings. The maximum Gasteiger partial charge on any atom is 0.221 e. The predicted molar refractivity (Wildman–Crippen MR) is 67.7 cm³/mol. The van der Waals surface area contributed by atoms with Crippen LogP contribution in [0.25, 0.3) is 0 Å². The van der Waals surface area contributed by atoms with Crippen molar-refractivity contribution in [3.8, 4) is 0 Å². The van der Waals surface area contributed by atoms with Gasteiger partial charge in [-0.3, -0.25) is 14.6 Å². The van der Waals surface area contributed by atoms with E-state index in [1.807, 2.05) is 0 Å². The number of carbonyl (C=O) groups excluding carboxylic acids is 1. The molecule has 98 valence electrons. The molecule has 1 saturated heterocycles. The molecule has 0 bridgehead atoms. The second kappa shape index (κ2) is 5.80. The quantitative estimate of drug-likeness (QED) is 0.662. The van der Waals surface area contributed by atoms with Gasteiger partial charge in [0.1, 0.15) is 0 Å². The zero-order chi connectivity index (χ0) is 12.3. The number of rotatable bonds is 5. The molecular weight excluding hydrogens is 216 g/mol. The lowest BCUT2D eigenvalue weighted by Crippen LogP contribution is -2.53. The molecule has 1 saturated carbocycles. The Hall–Kier alpha value is -0.650. The van der Waals surface area contributed by atoms with Crippen LogP contribution in [0.4, 0.5) is 0 Å². The molecule has 1 atom stereocenters. The van der Waals surface area contributed by atoms with Gasteiger partial charge in [-0.25, -0.2) is 0 Å². The molecule has 1 heterocycles. The van der Waals surface area contributed by atoms with Crippen LogP contribution in [0.3, 0.4) is 0 Å². The highest BCUT2D eigenvalue weighted by atomic mass is 16.1. The van der Waals surface area contributed by atoms with Gasteiger partial charge in [-0.05, 0) is 12.8 Å². The zero-order valence-corrected chi connectivity index (χ0v) is 10.7. The van der Waals surface area contributed by atoms with Crippen molar-refractivity contribution in [2.75, 3.05) is 39.8 Å². The molecule has 1 aliphatic heterocycles. The number of piperazine rings is 1. The van der Waals surface area contributed by atoms with Crippen molar-refractivity contribution in [1.82, 2.24) is 15.1 Å². The van der Waals surface area contributed by atoms with Crippen LogP contribution >= 0.6 is 0 Å². The molecule has 5 nitrogen and oxygen atoms in total. The molecular formula is C12H24N4O. The van der Waals surface area contributed by atoms with Crippen LogP contribution in [0.5, 0.6) is 0 Å². The summed E-state index contributed by atoms with van der Waals surface area (Å²) in [6.45, 7) is 4.94. The third-order valence-electron chi connectivity index (χ3n) is 3.90. The van der Waals surface area contributed by atoms with Gasteiger partial charge < -0.3 is 11.1 Å². The maximum atomic E-state index is 11.4. The summed E-state index contributed by atoms with van der Waals surface area (Å²) in [7, 11) is 1.68. The number of carbonyl (C=O) groups is 1. The minimum atomic E-state index is 0.0880. The van der Waals surface area contributed by atoms with Crippen LogP contribution in [-0.2, 0) is 4.79 Å². The van der Waals surface area contributed by atoms with Gasteiger partial charge in [0.15, 0.2) is 0 Å². The number of amides is 1. The van der Waals surface area contributed by atoms with E-state index in [0.29, 0.717) is 13.0 Å². The van der Waals surface area contributed by atoms with Gasteiger partial charge in [-0.15, -0.1) is 0 Å². The van der Waals surface area contributed by atoms with Gasteiger partial charge in [0.05, 0.1) is 0 Å². The smallest absolute Gasteiger partial charge is 0.221 e. The summed E-state index contributed by atoms with van der Waals surface area (Å²) in [5, 5.41) is 2.67. The fourth-order valence-corrected chi connectivity index (χ4v) is 2.58. The van der Waals surface area contributed by atoms with E-state index in [4.69, 9.17) is 5.73 Å². The normalized spacial score (nSPS) is 24.6. The van der Waals surface area contributed by atoms with Gasteiger partial charge in [0.2, 0.25) is 5.91 Å². The first kappa shape index (κ1) is 12.8. The first-order chi connectivity index (χ1) is 8.24. The number of nitrogens with two attached hydrogens (primary N) is 1. The molecule has 5 heteroatoms. The Balaban J connectivity index is 1.78. The lowest BCUT2D eigenvalue weighted by Gasteiger charge is -2.38. The van der Waals surface area contributed by atoms with Crippen molar-refractivity contribution < 1.29 is 4.79 Å². The van der Waals surface area contributed by atoms with Crippen LogP contribution in [0.1, 0.15) is 19.3 Å². The summed E-state index contributed by atoms with van der Waals surface area (Å²) in [5.74, 6) is 0.0880. The minimum absolute atomic E-state index is 0.0880. The van der Waals surface area contributed by atoms with Crippen LogP contribution in [0.2, 0.25) is 0 Å². The second-order valence-electron chi connectivity index (χ2n) is 5.07. The standard InChI is InChI=1S/C12H24N4O/c1-14-12(17)8-11(9-13)16-6-4-15(5-7-16)10-2-3-10/h10-11H,2-9,13H2,1H3,(H,14,17). The van der Waals surface area contributed by atoms with Gasteiger partial charge in [0.25, 0.3) is 0 Å². The van der Waals surface area contributed by atoms with Crippen molar-refractivity contribution in [2.24, 2.45) is 5.73 Å². The SMILES string of the molecule is CNC(=O)CC(CN)N1CCN(C2CC2)CC1. The summed E-state index contributed by atoms with van der Waals surface area (Å²) in [6, 6.07) is 1.06. The van der Waals surface area contributed by atoms with E-state index in [1.165, 1.54) is 12.8 Å². The van der Waals surface area contributed by atoms with Gasteiger partial charge >= 0.3 is 0 Å². The lowest BCUT2D eigenvalue weighted by molar-refractivity contribution is -0.122. The van der Waals surface area contributed by atoms with Crippen LogP contribution in [0, 0.1) is 0 Å². The third kappa shape index (κ3) is 3.40. The number of nitrogens with zero attached hydrogens (tertiary/aromatic N) is 2. The average molecular weight is 240 g/mol. The Labute approximate surface area is 103 Å². The fourth-order valence-electron chi connectivity index (χ4n) is 2.58. The summed E-state index contributed by atoms with van der Waals surface area (Å²) in [6.07, 6.45) is 3.27. The maximum absolute atomic E-state index is 11.4. The summed E-state index contributed by atoms with van der Waals surface area (Å²) >= 11 is 0. The number of hydrogen-bond donors (Lipinski definition) is 2. The molecule has 17 heavy (non-hydrogen) atoms. The minimum Gasteiger partial charge on any atom is -0.359 e. The molecule has 3 N–H and O–H groups in total. The molecule has 0 spiro atoms. The number of nitrogens with one attached hydrogen (secondary N) is 1. The number of hydrogen-bond acceptors (Lipinski definition) is 4. The van der Waals surface area contributed by atoms with Gasteiger partial charge in [-0.2, -0.15) is 0 Å². The van der Waals surface area contributed by atoms with E-state index in [1.54, 1.807) is 7.05 Å². The summed E-state index contributed by atoms with van der Waals surface area (Å²) < 4.78 is 0. The Morgan fingerprint density at radius 3 is 2.47 bits per heavy atom. The van der Waals surface area contributed by atoms with Gasteiger partial charge in [-0.1, -0.05) is 0 Å². The van der Waals surface area contributed by atoms with E-state index in [9.17, 15) is 4.79 Å². The molecule has 0 aromatic rings. The Bertz CT molecular complexity index is 259. The molecule has 2 fully saturated rings. The van der Waals surface area contributed by atoms with Crippen molar-refractivity contribution in [3.63, 3.8) is 0 Å². The summed E-state index contributed by atoms with van der Waals surface area (Å²) in [5.41, 5.74) is 5.78. The van der Waals surface area contributed by atoms with Crippen molar-refractivity contribution >= 4 is 5.91 Å². The van der Waals surface area contributed by atoms with Crippen LogP contribution in [-0.4, -0.2) is 67.6 Å². The molecule has 0 aromatic heterocycles. The van der Waals surface area contributed by atoms with E-state index in [0.717, 1.165) is 32.2 Å². The van der Waals surface area contributed by atoms with E-state index >= 15 is 0 Å². The first-order valence-electron chi connectivity index (χ1n) is 6.63. The topological polar surface area (TPSA) is 61.6 Å². The Kier molecular flexibility index (Phi) is 4.36. The fraction of sp³-hybridized carbons (Fsp3) is 0.917. The van der Waals surface area contributed by atoms with E-state index in [2.05, 4.69) is 15.1 Å². The monoisotopic (exact) mass is 240 g/mol. The zero-order valence-electron chi connectivity index (χ0n) is 10.7. The second-order valence-corrected chi connectivity index (χ2v) is 5.07. The highest BCUT2D eigenvalue weighted by Gasteiger charge is 2.32. The third-order valence-corrected chi connectivity index (χ3v) is 3.90. The molecule has 1 aliphatic carbocycles. The first-order valence-corrected chi connectivity index (χ1v) is 6.63. The molecule has 1 unspecified atom stereocenters. The van der Waals surface area contributed by atoms with Crippen LogP contribution in [0.15, 0.2) is 0 Å². The van der Waals surface area contributed by atoms with Crippen molar-refractivity contribution in [2.45, 2.75) is 31.3 Å². The lowest BCUT2D eigenvalue weighted by atomic mass is 10.1. The average Bonchev–Trinajstić information content (AvgIpc) is 3.20. The highest BCUT2D eigenvalue weighted by Crippen LogP contribution is 2.27. The largest absolute Gasteiger partial charge is 0.359 e. The highest BCUT2D eigenvalue weighted by molar-refractivity contribution is 5.76. The van der Waals surface area contributed by atoms with E-state index in [-0.39, 0.29) is 11.9 Å². The van der Waals surface area contributed by atoms with Gasteiger partial charge in [0, 0.05) is 58.3 Å². The van der Waals surface area contributed by atoms with E-state index < -0.39 is 0 Å². The molecule has 0 aromatic carbocycles. The van der Waals surface area contributed by atoms with Crippen molar-refractivity contribution in [3.05, 3.63) is 0 Å². The summed E-state index contributed by atoms with van der Waals surface area (Å²) in [4.78, 5) is 16.3. The predicted octanol–water partition coefficient (Wildman–Crippen LogP) is -0.770.